The van der Waals surface area contributed by atoms with Gasteiger partial charge < -0.3 is 13.7 Å². The predicted octanol–water partition coefficient (Wildman–Crippen LogP) is 33.4. The Bertz CT molecular complexity index is 9800. The molecule has 0 saturated carbocycles. The molecule has 6 aliphatic heterocycles. The molecule has 25 aromatic rings. The lowest BCUT2D eigenvalue weighted by atomic mass is 9.96. The molecule has 682 valence electrons. The van der Waals surface area contributed by atoms with Gasteiger partial charge in [0, 0.05) is 115 Å². The van der Waals surface area contributed by atoms with Crippen molar-refractivity contribution < 1.29 is 13.7 Å². The van der Waals surface area contributed by atoms with Gasteiger partial charge in [-0.05, 0) is 261 Å². The molecule has 0 fully saturated rings. The summed E-state index contributed by atoms with van der Waals surface area (Å²) < 4.78 is 60.8. The summed E-state index contributed by atoms with van der Waals surface area (Å²) in [5.41, 5.74) is 39.7. The second kappa shape index (κ2) is 32.7. The lowest BCUT2D eigenvalue weighted by Crippen LogP contribution is -2.37. The summed E-state index contributed by atoms with van der Waals surface area (Å²) in [7, 11) is -9.68. The summed E-state index contributed by atoms with van der Waals surface area (Å²) >= 11 is 0. The van der Waals surface area contributed by atoms with Gasteiger partial charge >= 0.3 is 0 Å². The minimum Gasteiger partial charge on any atom is -0.309 e. The molecule has 0 aliphatic carbocycles. The Morgan fingerprint density at radius 3 is 0.738 bits per heavy atom. The molecular weight excluding hydrogens is 1820 g/mol. The van der Waals surface area contributed by atoms with E-state index in [2.05, 4.69) is 477 Å². The lowest BCUT2D eigenvalue weighted by Gasteiger charge is -2.44. The average molecular weight is 1910 g/mol. The van der Waals surface area contributed by atoms with Crippen LogP contribution in [0.2, 0.25) is 0 Å². The van der Waals surface area contributed by atoms with Gasteiger partial charge in [0.2, 0.25) is 21.9 Å². The predicted molar refractivity (Wildman–Crippen MR) is 608 cm³/mol. The van der Waals surface area contributed by atoms with Crippen molar-refractivity contribution in [3.8, 4) is 128 Å². The number of hydrogen-bond donors (Lipinski definition) is 0. The number of anilines is 6. The van der Waals surface area contributed by atoms with Crippen LogP contribution in [0.4, 0.5) is 34.1 Å². The van der Waals surface area contributed by atoms with E-state index in [1.54, 1.807) is 0 Å². The molecule has 12 heteroatoms. The van der Waals surface area contributed by atoms with E-state index in [1.807, 2.05) is 66.7 Å². The molecule has 6 aliphatic rings. The summed E-state index contributed by atoms with van der Waals surface area (Å²) in [5, 5.41) is 12.7. The molecule has 0 radical (unpaired) electrons. The first-order chi connectivity index (χ1) is 71.5. The van der Waals surface area contributed by atoms with Crippen molar-refractivity contribution in [1.82, 2.24) is 13.7 Å². The second-order valence-electron chi connectivity index (χ2n) is 38.4. The van der Waals surface area contributed by atoms with E-state index < -0.39 is 21.9 Å². The van der Waals surface area contributed by atoms with Crippen LogP contribution in [0.25, 0.3) is 194 Å². The molecular formula is C133H87N6O3P3. The van der Waals surface area contributed by atoms with Gasteiger partial charge in [-0.25, -0.2) is 0 Å². The van der Waals surface area contributed by atoms with Crippen LogP contribution in [0, 0.1) is 6.92 Å². The van der Waals surface area contributed by atoms with Crippen LogP contribution in [0.1, 0.15) is 5.56 Å². The van der Waals surface area contributed by atoms with Crippen LogP contribution >= 0.6 is 21.9 Å². The van der Waals surface area contributed by atoms with Crippen LogP contribution in [0.15, 0.2) is 510 Å². The molecule has 22 aromatic carbocycles. The highest BCUT2D eigenvalue weighted by Gasteiger charge is 2.51. The van der Waals surface area contributed by atoms with Crippen LogP contribution in [-0.2, 0) is 13.7 Å². The van der Waals surface area contributed by atoms with Crippen LogP contribution in [0.5, 0.6) is 0 Å². The van der Waals surface area contributed by atoms with Crippen molar-refractivity contribution in [2.75, 3.05) is 14.0 Å². The van der Waals surface area contributed by atoms with Crippen molar-refractivity contribution in [3.63, 3.8) is 0 Å². The Morgan fingerprint density at radius 2 is 0.379 bits per heavy atom. The molecule has 0 bridgehead atoms. The number of para-hydroxylation sites is 5. The fourth-order valence-electron chi connectivity index (χ4n) is 24.2. The minimum atomic E-state index is -3.26. The molecule has 9 heterocycles. The number of nitrogens with zero attached hydrogens (tertiary/aromatic N) is 6. The fraction of sp³-hybridized carbons (Fsp3) is 0.00752. The van der Waals surface area contributed by atoms with Crippen LogP contribution in [-0.4, -0.2) is 13.7 Å². The largest absolute Gasteiger partial charge is 0.309 e. The first-order valence-corrected chi connectivity index (χ1v) is 54.4. The maximum absolute atomic E-state index is 15.9. The number of aryl methyl sites for hydroxylation is 1. The van der Waals surface area contributed by atoms with Crippen molar-refractivity contribution in [1.29, 1.82) is 0 Å². The SMILES string of the molecule is Cc1ccc2c(c1)c1cc(-c3ccccc3)ccc1n2-c1ccc2c(c1)-c1ccccc1P1(=O)c3ccccc3-c3ccccc3N21.O=P12c3ccccc3-c3ccccc3N1c1ccc(-c3ccc(-n4c5ccccc5c5ccccc54)cc3)cc1-c1ccccc12.O=P12c3ccccc3-c3ccccc3N1c1ccc(-n3c4ccc(-c5ccccc5)cc4c4cc(-c5ccccc5)ccc43)cc1-c1ccccc12. The van der Waals surface area contributed by atoms with Gasteiger partial charge in [0.05, 0.1) is 67.2 Å². The summed E-state index contributed by atoms with van der Waals surface area (Å²) in [6, 6.07) is 180. The van der Waals surface area contributed by atoms with Gasteiger partial charge in [0.15, 0.2) is 0 Å². The van der Waals surface area contributed by atoms with E-state index in [9.17, 15) is 0 Å². The lowest BCUT2D eigenvalue weighted by molar-refractivity contribution is 0.586. The molecule has 0 N–H and O–H groups in total. The van der Waals surface area contributed by atoms with E-state index >= 15 is 13.7 Å². The zero-order valence-electron chi connectivity index (χ0n) is 78.7. The van der Waals surface area contributed by atoms with Gasteiger partial charge in [-0.15, -0.1) is 0 Å². The monoisotopic (exact) mass is 1910 g/mol. The van der Waals surface area contributed by atoms with Crippen molar-refractivity contribution in [3.05, 3.63) is 515 Å². The maximum Gasteiger partial charge on any atom is 0.235 e. The molecule has 0 spiro atoms. The zero-order valence-corrected chi connectivity index (χ0v) is 81.4. The smallest absolute Gasteiger partial charge is 0.235 e. The van der Waals surface area contributed by atoms with Gasteiger partial charge in [0.25, 0.3) is 0 Å². The number of fused-ring (bicyclic) bond motifs is 42. The standard InChI is InChI=1S/C48H31N2OP.C43H29N2OP.C42H27N2OP/c51-52-47-21-11-8-18-38(47)37-17-7-10-20-45(37)50(52)46-28-25-36(31-42(46)39-19-9-12-22-48(39)52)49-43-26-23-34(32-13-3-1-4-14-32)29-40(43)41-30-35(24-27-44(41)49)33-15-5-2-6-16-33;1-28-19-22-38-35(25-28)36-26-30(29-11-3-2-4-12-29)20-23-39(36)44(38)31-21-24-41-37(27-31)34-15-7-10-18-43(34)47(46)42-17-9-6-14-33(42)32-13-5-8-16-40(32)45(41)47;45-46-41-19-9-4-14-34(41)33-13-3-8-18-39(33)44(46)40-26-23-29(27-36(40)35-15-5-10-20-42(35)46)28-21-24-30(25-22-28)43-37-16-6-1-11-31(37)32-12-2-7-17-38(32)43/h1-31H;2-27H,1H3;1-27H. The van der Waals surface area contributed by atoms with E-state index in [0.29, 0.717) is 0 Å². The Morgan fingerprint density at radius 1 is 0.152 bits per heavy atom. The third-order valence-corrected chi connectivity index (χ3v) is 39.8. The third kappa shape index (κ3) is 12.6. The van der Waals surface area contributed by atoms with E-state index in [0.717, 1.165) is 177 Å². The topological polar surface area (TPSA) is 75.7 Å². The molecule has 0 saturated heterocycles. The summed E-state index contributed by atoms with van der Waals surface area (Å²) in [5.74, 6) is 0. The van der Waals surface area contributed by atoms with Crippen LogP contribution in [0.3, 0.4) is 0 Å². The normalized spacial score (nSPS) is 15.7. The van der Waals surface area contributed by atoms with Crippen molar-refractivity contribution in [2.45, 2.75) is 6.92 Å². The number of aromatic nitrogens is 3. The van der Waals surface area contributed by atoms with Crippen LogP contribution < -0.4 is 45.8 Å². The molecule has 9 nitrogen and oxygen atoms in total. The van der Waals surface area contributed by atoms with Gasteiger partial charge in [-0.2, -0.15) is 0 Å². The highest BCUT2D eigenvalue weighted by atomic mass is 31.2. The highest BCUT2D eigenvalue weighted by Crippen LogP contribution is 2.70. The van der Waals surface area contributed by atoms with Gasteiger partial charge in [-0.1, -0.05) is 339 Å². The quantitative estimate of drug-likeness (QED) is 0.148. The Hall–Kier alpha value is -17.7. The Balaban J connectivity index is 0.000000103. The molecule has 3 unspecified atom stereocenters. The Kier molecular flexibility index (Phi) is 19.0. The number of benzene rings is 22. The van der Waals surface area contributed by atoms with Gasteiger partial charge in [-0.3, -0.25) is 27.7 Å². The van der Waals surface area contributed by atoms with E-state index in [4.69, 9.17) is 0 Å². The number of hydrogen-bond acceptors (Lipinski definition) is 3. The molecule has 145 heavy (non-hydrogen) atoms. The second-order valence-corrected chi connectivity index (χ2v) is 45.9. The molecule has 0 amide bonds. The summed E-state index contributed by atoms with van der Waals surface area (Å²) in [6.07, 6.45) is 0. The highest BCUT2D eigenvalue weighted by molar-refractivity contribution is 7.82. The molecule has 3 aromatic heterocycles. The molecule has 3 atom stereocenters. The molecule has 31 rings (SSSR count). The van der Waals surface area contributed by atoms with Crippen molar-refractivity contribution in [2.24, 2.45) is 0 Å². The minimum absolute atomic E-state index is 0.879. The number of rotatable bonds is 7. The first-order valence-electron chi connectivity index (χ1n) is 49.4. The van der Waals surface area contributed by atoms with Gasteiger partial charge in [0.1, 0.15) is 0 Å². The zero-order chi connectivity index (χ0) is 96.1. The third-order valence-electron chi connectivity index (χ3n) is 30.6. The Labute approximate surface area is 838 Å². The van der Waals surface area contributed by atoms with Crippen molar-refractivity contribution >= 4 is 153 Å². The van der Waals surface area contributed by atoms with E-state index in [-0.39, 0.29) is 0 Å². The fourth-order valence-corrected chi connectivity index (χ4v) is 34.0. The maximum atomic E-state index is 15.9. The average Bonchev–Trinajstić information content (AvgIpc) is 1.70. The first kappa shape index (κ1) is 84.2. The summed E-state index contributed by atoms with van der Waals surface area (Å²) in [4.78, 5) is 0. The summed E-state index contributed by atoms with van der Waals surface area (Å²) in [6.45, 7) is 2.16. The van der Waals surface area contributed by atoms with E-state index in [1.165, 1.54) is 87.8 Å².